The molecule has 0 amide bonds. The zero-order valence-electron chi connectivity index (χ0n) is 14.5. The van der Waals surface area contributed by atoms with E-state index in [0.717, 1.165) is 6.42 Å². The summed E-state index contributed by atoms with van der Waals surface area (Å²) >= 11 is 0. The molecule has 7 heteroatoms. The molecule has 0 aromatic heterocycles. The lowest BCUT2D eigenvalue weighted by molar-refractivity contribution is -0.212. The fraction of sp³-hybridized carbons (Fsp3) is 0.611. The highest BCUT2D eigenvalue weighted by Crippen LogP contribution is 2.46. The fourth-order valence-electron chi connectivity index (χ4n) is 3.42. The second kappa shape index (κ2) is 7.97. The Bertz CT molecular complexity index is 568. The molecule has 140 valence electrons. The summed E-state index contributed by atoms with van der Waals surface area (Å²) in [6.45, 7) is 1.40. The number of hydrogen-bond donors (Lipinski definition) is 1. The van der Waals surface area contributed by atoms with E-state index in [0.29, 0.717) is 31.4 Å². The van der Waals surface area contributed by atoms with Gasteiger partial charge in [-0.25, -0.2) is 4.79 Å². The molecule has 1 fully saturated rings. The Labute approximate surface area is 145 Å². The third-order valence-corrected chi connectivity index (χ3v) is 4.69. The monoisotopic (exact) mass is 359 g/mol. The van der Waals surface area contributed by atoms with Gasteiger partial charge in [0.2, 0.25) is 5.54 Å². The quantitative estimate of drug-likeness (QED) is 0.757. The first-order chi connectivity index (χ1) is 11.8. The van der Waals surface area contributed by atoms with Crippen molar-refractivity contribution in [1.29, 1.82) is 0 Å². The van der Waals surface area contributed by atoms with Crippen molar-refractivity contribution in [1.82, 2.24) is 0 Å². The molecule has 2 rings (SSSR count). The Morgan fingerprint density at radius 1 is 1.16 bits per heavy atom. The average Bonchev–Trinajstić information content (AvgIpc) is 2.60. The minimum absolute atomic E-state index is 0.103. The Kier molecular flexibility index (Phi) is 6.19. The number of esters is 1. The van der Waals surface area contributed by atoms with Crippen molar-refractivity contribution < 1.29 is 27.4 Å². The summed E-state index contributed by atoms with van der Waals surface area (Å²) in [7, 11) is 1.48. The molecule has 25 heavy (non-hydrogen) atoms. The number of nitrogens with one attached hydrogen (secondary N) is 1. The van der Waals surface area contributed by atoms with Crippen LogP contribution in [0.4, 0.5) is 18.9 Å². The molecule has 1 aromatic rings. The van der Waals surface area contributed by atoms with Gasteiger partial charge in [0, 0.05) is 11.6 Å². The van der Waals surface area contributed by atoms with E-state index in [4.69, 9.17) is 9.47 Å². The van der Waals surface area contributed by atoms with Crippen LogP contribution in [0.1, 0.15) is 39.0 Å². The highest BCUT2D eigenvalue weighted by Gasteiger charge is 2.65. The summed E-state index contributed by atoms with van der Waals surface area (Å²) < 4.78 is 52.4. The molecule has 1 atom stereocenters. The van der Waals surface area contributed by atoms with Gasteiger partial charge in [-0.3, -0.25) is 0 Å². The maximum Gasteiger partial charge on any atom is 0.422 e. The summed E-state index contributed by atoms with van der Waals surface area (Å²) in [5.74, 6) is -1.59. The molecule has 0 saturated heterocycles. The smallest absolute Gasteiger partial charge is 0.422 e. The van der Waals surface area contributed by atoms with Gasteiger partial charge in [-0.15, -0.1) is 0 Å². The SMILES string of the molecule is CCOC(=O)C(Nc1ccc(OC)cc1)(C1CCCCC1)C(F)(F)F. The Balaban J connectivity index is 2.45. The lowest BCUT2D eigenvalue weighted by Crippen LogP contribution is -2.63. The minimum Gasteiger partial charge on any atom is -0.497 e. The highest BCUT2D eigenvalue weighted by molar-refractivity contribution is 5.86. The fourth-order valence-corrected chi connectivity index (χ4v) is 3.42. The Morgan fingerprint density at radius 3 is 2.24 bits per heavy atom. The van der Waals surface area contributed by atoms with Crippen molar-refractivity contribution in [3.8, 4) is 5.75 Å². The number of rotatable bonds is 6. The van der Waals surface area contributed by atoms with Gasteiger partial charge in [-0.05, 0) is 44.0 Å². The van der Waals surface area contributed by atoms with Crippen LogP contribution in [0.5, 0.6) is 5.75 Å². The summed E-state index contributed by atoms with van der Waals surface area (Å²) in [6, 6.07) is 6.05. The number of methoxy groups -OCH3 is 1. The van der Waals surface area contributed by atoms with E-state index < -0.39 is 23.6 Å². The lowest BCUT2D eigenvalue weighted by Gasteiger charge is -2.42. The number of alkyl halides is 3. The van der Waals surface area contributed by atoms with Gasteiger partial charge >= 0.3 is 12.1 Å². The molecule has 4 nitrogen and oxygen atoms in total. The molecule has 0 heterocycles. The maximum atomic E-state index is 14.2. The molecule has 0 aliphatic heterocycles. The van der Waals surface area contributed by atoms with Crippen LogP contribution < -0.4 is 10.1 Å². The molecule has 1 saturated carbocycles. The van der Waals surface area contributed by atoms with Crippen LogP contribution in [-0.4, -0.2) is 31.4 Å². The van der Waals surface area contributed by atoms with Crippen LogP contribution in [0.25, 0.3) is 0 Å². The molecule has 0 radical (unpaired) electrons. The summed E-state index contributed by atoms with van der Waals surface area (Å²) in [5, 5.41) is 2.48. The molecule has 1 unspecified atom stereocenters. The zero-order valence-corrected chi connectivity index (χ0v) is 14.5. The Hall–Kier alpha value is -1.92. The number of ether oxygens (including phenoxy) is 2. The molecular weight excluding hydrogens is 335 g/mol. The number of carbonyl (C=O) groups excluding carboxylic acids is 1. The van der Waals surface area contributed by atoms with E-state index in [2.05, 4.69) is 5.32 Å². The zero-order chi connectivity index (χ0) is 18.5. The predicted molar refractivity (Wildman–Crippen MR) is 88.6 cm³/mol. The maximum absolute atomic E-state index is 14.2. The first-order valence-electron chi connectivity index (χ1n) is 8.51. The molecular formula is C18H24F3NO3. The van der Waals surface area contributed by atoms with Crippen LogP contribution in [0.2, 0.25) is 0 Å². The van der Waals surface area contributed by atoms with Gasteiger partial charge in [0.05, 0.1) is 13.7 Å². The summed E-state index contributed by atoms with van der Waals surface area (Å²) in [5.41, 5.74) is -2.53. The van der Waals surface area contributed by atoms with Crippen molar-refractivity contribution in [2.24, 2.45) is 5.92 Å². The molecule has 1 aliphatic carbocycles. The van der Waals surface area contributed by atoms with Gasteiger partial charge in [0.1, 0.15) is 5.75 Å². The van der Waals surface area contributed by atoms with E-state index in [1.54, 1.807) is 12.1 Å². The van der Waals surface area contributed by atoms with Crippen molar-refractivity contribution in [3.05, 3.63) is 24.3 Å². The van der Waals surface area contributed by atoms with Gasteiger partial charge in [0.25, 0.3) is 0 Å². The number of hydrogen-bond acceptors (Lipinski definition) is 4. The topological polar surface area (TPSA) is 47.6 Å². The van der Waals surface area contributed by atoms with Gasteiger partial charge in [-0.2, -0.15) is 13.2 Å². The van der Waals surface area contributed by atoms with Crippen molar-refractivity contribution in [3.63, 3.8) is 0 Å². The number of halogens is 3. The van der Waals surface area contributed by atoms with E-state index >= 15 is 0 Å². The average molecular weight is 359 g/mol. The van der Waals surface area contributed by atoms with Crippen LogP contribution in [0.15, 0.2) is 24.3 Å². The second-order valence-electron chi connectivity index (χ2n) is 6.21. The normalized spacial score (nSPS) is 18.3. The van der Waals surface area contributed by atoms with E-state index in [9.17, 15) is 18.0 Å². The molecule has 0 bridgehead atoms. The number of benzene rings is 1. The standard InChI is InChI=1S/C18H24F3NO3/c1-3-25-16(23)17(18(19,20)21,13-7-5-4-6-8-13)22-14-9-11-15(24-2)12-10-14/h9-13,22H,3-8H2,1-2H3. The van der Waals surface area contributed by atoms with Crippen molar-refractivity contribution >= 4 is 11.7 Å². The van der Waals surface area contributed by atoms with Crippen molar-refractivity contribution in [2.75, 3.05) is 19.0 Å². The van der Waals surface area contributed by atoms with Gasteiger partial charge in [-0.1, -0.05) is 19.3 Å². The van der Waals surface area contributed by atoms with Crippen LogP contribution in [0.3, 0.4) is 0 Å². The predicted octanol–water partition coefficient (Wildman–Crippen LogP) is 4.55. The van der Waals surface area contributed by atoms with Gasteiger partial charge < -0.3 is 14.8 Å². The van der Waals surface area contributed by atoms with E-state index in [1.165, 1.54) is 26.2 Å². The van der Waals surface area contributed by atoms with Gasteiger partial charge in [0.15, 0.2) is 0 Å². The van der Waals surface area contributed by atoms with Crippen LogP contribution in [-0.2, 0) is 9.53 Å². The lowest BCUT2D eigenvalue weighted by atomic mass is 9.73. The Morgan fingerprint density at radius 2 is 1.76 bits per heavy atom. The molecule has 0 spiro atoms. The minimum atomic E-state index is -4.78. The second-order valence-corrected chi connectivity index (χ2v) is 6.21. The van der Waals surface area contributed by atoms with Crippen LogP contribution in [0, 0.1) is 5.92 Å². The number of carbonyl (C=O) groups is 1. The third kappa shape index (κ3) is 4.02. The molecule has 1 aliphatic rings. The third-order valence-electron chi connectivity index (χ3n) is 4.69. The summed E-state index contributed by atoms with van der Waals surface area (Å²) in [6.07, 6.45) is -1.88. The molecule has 1 N–H and O–H groups in total. The van der Waals surface area contributed by atoms with Crippen LogP contribution >= 0.6 is 0 Å². The van der Waals surface area contributed by atoms with E-state index in [1.807, 2.05) is 0 Å². The largest absolute Gasteiger partial charge is 0.497 e. The highest BCUT2D eigenvalue weighted by atomic mass is 19.4. The number of anilines is 1. The summed E-state index contributed by atoms with van der Waals surface area (Å²) in [4.78, 5) is 12.5. The van der Waals surface area contributed by atoms with Crippen molar-refractivity contribution in [2.45, 2.75) is 50.7 Å². The molecule has 1 aromatic carbocycles. The van der Waals surface area contributed by atoms with E-state index in [-0.39, 0.29) is 12.3 Å². The first-order valence-corrected chi connectivity index (χ1v) is 8.51. The first kappa shape index (κ1) is 19.4.